The van der Waals surface area contributed by atoms with Crippen LogP contribution in [0.5, 0.6) is 5.75 Å². The van der Waals surface area contributed by atoms with E-state index in [1.807, 2.05) is 54.6 Å². The van der Waals surface area contributed by atoms with Crippen LogP contribution in [0.2, 0.25) is 0 Å². The minimum atomic E-state index is -0.936. The topological polar surface area (TPSA) is 62.5 Å². The first-order valence-electron chi connectivity index (χ1n) is 7.41. The Kier molecular flexibility index (Phi) is 4.31. The summed E-state index contributed by atoms with van der Waals surface area (Å²) < 4.78 is 10.7. The lowest BCUT2D eigenvalue weighted by Crippen LogP contribution is -2.23. The number of hydrogen-bond donors (Lipinski definition) is 1. The van der Waals surface area contributed by atoms with Gasteiger partial charge < -0.3 is 14.6 Å². The Hall–Kier alpha value is -2.77. The highest BCUT2D eigenvalue weighted by molar-refractivity contribution is 5.69. The molecule has 1 N–H and O–H groups in total. The van der Waals surface area contributed by atoms with E-state index in [-0.39, 0.29) is 5.92 Å². The van der Waals surface area contributed by atoms with E-state index in [2.05, 4.69) is 6.07 Å². The van der Waals surface area contributed by atoms with Gasteiger partial charge in [0.25, 0.3) is 0 Å². The largest absolute Gasteiger partial charge is 0.497 e. The molecule has 0 bridgehead atoms. The summed E-state index contributed by atoms with van der Waals surface area (Å²) >= 11 is 0. The quantitative estimate of drug-likeness (QED) is 0.943. The molecule has 2 aromatic carbocycles. The van der Waals surface area contributed by atoms with E-state index in [4.69, 9.17) is 9.47 Å². The number of rotatable bonds is 3. The zero-order valence-corrected chi connectivity index (χ0v) is 12.8. The predicted octanol–water partition coefficient (Wildman–Crippen LogP) is 3.45. The maximum atomic E-state index is 10.1. The van der Waals surface area contributed by atoms with Crippen LogP contribution in [0.4, 0.5) is 0 Å². The first-order valence-corrected chi connectivity index (χ1v) is 7.41. The zero-order chi connectivity index (χ0) is 16.2. The molecule has 0 radical (unpaired) electrons. The molecule has 116 valence electrons. The Morgan fingerprint density at radius 2 is 1.83 bits per heavy atom. The van der Waals surface area contributed by atoms with Gasteiger partial charge in [0, 0.05) is 17.9 Å². The monoisotopic (exact) mass is 307 g/mol. The predicted molar refractivity (Wildman–Crippen MR) is 86.4 cm³/mol. The fourth-order valence-electron chi connectivity index (χ4n) is 2.81. The van der Waals surface area contributed by atoms with Crippen LogP contribution in [0.25, 0.3) is 5.76 Å². The van der Waals surface area contributed by atoms with Gasteiger partial charge in [-0.1, -0.05) is 42.5 Å². The number of allylic oxidation sites excluding steroid dienone is 1. The molecule has 4 nitrogen and oxygen atoms in total. The fraction of sp³-hybridized carbons (Fsp3) is 0.211. The number of aliphatic hydroxyl groups is 1. The lowest BCUT2D eigenvalue weighted by atomic mass is 9.85. The van der Waals surface area contributed by atoms with Crippen molar-refractivity contribution < 1.29 is 14.6 Å². The van der Waals surface area contributed by atoms with Gasteiger partial charge in [0.2, 0.25) is 0 Å². The Balaban J connectivity index is 2.06. The summed E-state index contributed by atoms with van der Waals surface area (Å²) in [6.45, 7) is 0. The molecule has 0 unspecified atom stereocenters. The highest BCUT2D eigenvalue weighted by Crippen LogP contribution is 2.40. The normalized spacial score (nSPS) is 20.6. The van der Waals surface area contributed by atoms with Crippen molar-refractivity contribution in [3.8, 4) is 11.8 Å². The number of methoxy groups -OCH3 is 1. The molecule has 0 amide bonds. The van der Waals surface area contributed by atoms with Gasteiger partial charge >= 0.3 is 0 Å². The van der Waals surface area contributed by atoms with E-state index < -0.39 is 6.29 Å². The van der Waals surface area contributed by atoms with E-state index in [1.54, 1.807) is 7.11 Å². The molecule has 1 aliphatic heterocycles. The molecule has 3 rings (SSSR count). The summed E-state index contributed by atoms with van der Waals surface area (Å²) in [7, 11) is 1.61. The van der Waals surface area contributed by atoms with Crippen molar-refractivity contribution in [3.05, 3.63) is 71.3 Å². The minimum Gasteiger partial charge on any atom is -0.497 e. The van der Waals surface area contributed by atoms with Gasteiger partial charge in [-0.2, -0.15) is 5.26 Å². The van der Waals surface area contributed by atoms with Crippen molar-refractivity contribution in [1.82, 2.24) is 0 Å². The molecular formula is C19H17NO3. The van der Waals surface area contributed by atoms with E-state index in [9.17, 15) is 10.4 Å². The number of nitrogens with zero attached hydrogens (tertiary/aromatic N) is 1. The molecule has 2 aromatic rings. The highest BCUT2D eigenvalue weighted by atomic mass is 16.6. The van der Waals surface area contributed by atoms with Gasteiger partial charge in [-0.15, -0.1) is 0 Å². The maximum Gasteiger partial charge on any atom is 0.198 e. The van der Waals surface area contributed by atoms with Crippen LogP contribution in [-0.2, 0) is 4.74 Å². The summed E-state index contributed by atoms with van der Waals surface area (Å²) in [6, 6.07) is 19.2. The Bertz CT molecular complexity index is 744. The number of ether oxygens (including phenoxy) is 2. The van der Waals surface area contributed by atoms with Gasteiger partial charge in [0.1, 0.15) is 11.5 Å². The smallest absolute Gasteiger partial charge is 0.198 e. The van der Waals surface area contributed by atoms with Crippen LogP contribution in [0, 0.1) is 11.3 Å². The maximum absolute atomic E-state index is 10.1. The van der Waals surface area contributed by atoms with Gasteiger partial charge in [0.15, 0.2) is 6.29 Å². The molecule has 0 saturated carbocycles. The fourth-order valence-corrected chi connectivity index (χ4v) is 2.81. The number of benzene rings is 2. The number of hydrogen-bond acceptors (Lipinski definition) is 4. The van der Waals surface area contributed by atoms with Crippen molar-refractivity contribution in [3.63, 3.8) is 0 Å². The zero-order valence-electron chi connectivity index (χ0n) is 12.8. The van der Waals surface area contributed by atoms with Crippen molar-refractivity contribution in [1.29, 1.82) is 5.26 Å². The van der Waals surface area contributed by atoms with Crippen molar-refractivity contribution in [2.75, 3.05) is 7.11 Å². The molecule has 0 aromatic heterocycles. The lowest BCUT2D eigenvalue weighted by Gasteiger charge is -2.29. The van der Waals surface area contributed by atoms with Gasteiger partial charge in [-0.25, -0.2) is 0 Å². The Labute approximate surface area is 135 Å². The highest BCUT2D eigenvalue weighted by Gasteiger charge is 2.31. The molecule has 4 heteroatoms. The Morgan fingerprint density at radius 1 is 1.13 bits per heavy atom. The average Bonchev–Trinajstić information content (AvgIpc) is 2.62. The van der Waals surface area contributed by atoms with E-state index >= 15 is 0 Å². The summed E-state index contributed by atoms with van der Waals surface area (Å²) in [5.41, 5.74) is 2.28. The molecule has 1 aliphatic rings. The van der Waals surface area contributed by atoms with Crippen molar-refractivity contribution >= 4 is 5.76 Å². The molecule has 0 aliphatic carbocycles. The number of aliphatic hydroxyl groups excluding tert-OH is 1. The van der Waals surface area contributed by atoms with Gasteiger partial charge in [-0.3, -0.25) is 0 Å². The van der Waals surface area contributed by atoms with Crippen LogP contribution < -0.4 is 4.74 Å². The summed E-state index contributed by atoms with van der Waals surface area (Å²) in [5, 5.41) is 19.7. The van der Waals surface area contributed by atoms with Crippen molar-refractivity contribution in [2.24, 2.45) is 0 Å². The van der Waals surface area contributed by atoms with E-state index in [0.717, 1.165) is 16.9 Å². The average molecular weight is 307 g/mol. The van der Waals surface area contributed by atoms with Gasteiger partial charge in [-0.05, 0) is 17.7 Å². The molecule has 1 heterocycles. The van der Waals surface area contributed by atoms with Gasteiger partial charge in [0.05, 0.1) is 18.8 Å². The third-order valence-electron chi connectivity index (χ3n) is 3.96. The molecule has 23 heavy (non-hydrogen) atoms. The standard InChI is InChI=1S/C19H17NO3/c1-22-15-9-7-13(8-10-15)16-11-18(21)23-19(17(16)12-20)14-5-3-2-4-6-14/h2-10,16,18,21H,11H2,1H3/t16-,18-/m1/s1. The van der Waals surface area contributed by atoms with E-state index in [1.165, 1.54) is 0 Å². The number of nitriles is 1. The first kappa shape index (κ1) is 15.1. The molecule has 0 fully saturated rings. The van der Waals surface area contributed by atoms with Crippen molar-refractivity contribution in [2.45, 2.75) is 18.6 Å². The SMILES string of the molecule is COc1ccc([C@H]2C[C@H](O)OC(c3ccccc3)=C2C#N)cc1. The summed E-state index contributed by atoms with van der Waals surface area (Å²) in [4.78, 5) is 0. The third kappa shape index (κ3) is 3.05. The van der Waals surface area contributed by atoms with E-state index in [0.29, 0.717) is 17.8 Å². The second kappa shape index (κ2) is 6.55. The summed E-state index contributed by atoms with van der Waals surface area (Å²) in [6.07, 6.45) is -0.583. The third-order valence-corrected chi connectivity index (χ3v) is 3.96. The molecule has 2 atom stereocenters. The van der Waals surface area contributed by atoms with Crippen LogP contribution in [0.1, 0.15) is 23.5 Å². The van der Waals surface area contributed by atoms with Crippen LogP contribution in [-0.4, -0.2) is 18.5 Å². The molecule has 0 spiro atoms. The Morgan fingerprint density at radius 3 is 2.43 bits per heavy atom. The first-order chi connectivity index (χ1) is 11.2. The van der Waals surface area contributed by atoms with Crippen LogP contribution in [0.15, 0.2) is 60.2 Å². The molecular weight excluding hydrogens is 290 g/mol. The second-order valence-electron chi connectivity index (χ2n) is 5.35. The summed E-state index contributed by atoms with van der Waals surface area (Å²) in [5.74, 6) is 1.00. The minimum absolute atomic E-state index is 0.204. The van der Waals surface area contributed by atoms with Crippen LogP contribution >= 0.6 is 0 Å². The molecule has 0 saturated heterocycles. The second-order valence-corrected chi connectivity index (χ2v) is 5.35. The van der Waals surface area contributed by atoms with Crippen LogP contribution in [0.3, 0.4) is 0 Å². The lowest BCUT2D eigenvalue weighted by molar-refractivity contribution is -0.0545.